The van der Waals surface area contributed by atoms with Crippen molar-refractivity contribution < 1.29 is 4.42 Å². The van der Waals surface area contributed by atoms with E-state index in [0.717, 1.165) is 17.6 Å². The second-order valence-electron chi connectivity index (χ2n) is 4.53. The summed E-state index contributed by atoms with van der Waals surface area (Å²) in [5.41, 5.74) is 5.95. The summed E-state index contributed by atoms with van der Waals surface area (Å²) in [5.74, 6) is 0. The van der Waals surface area contributed by atoms with Crippen molar-refractivity contribution in [3.05, 3.63) is 48.0 Å². The van der Waals surface area contributed by atoms with Crippen LogP contribution in [-0.2, 0) is 6.42 Å². The molecule has 0 aliphatic carbocycles. The van der Waals surface area contributed by atoms with Crippen LogP contribution < -0.4 is 0 Å². The Morgan fingerprint density at radius 3 is 2.59 bits per heavy atom. The number of hydrogen-bond acceptors (Lipinski definition) is 1. The van der Waals surface area contributed by atoms with Crippen molar-refractivity contribution in [2.24, 2.45) is 0 Å². The van der Waals surface area contributed by atoms with Crippen molar-refractivity contribution in [2.45, 2.75) is 26.2 Å². The Balaban J connectivity index is 2.02. The SMILES string of the molecule is CCCCc1cc2cc(-c3ccccc3)c1o2. The zero-order valence-corrected chi connectivity index (χ0v) is 10.1. The molecule has 86 valence electrons. The molecule has 0 saturated heterocycles. The molecule has 0 aliphatic rings. The standard InChI is InChI=1S/C16H16O/c1-2-3-7-13-10-14-11-15(16(13)17-14)12-8-5-4-6-9-12/h4-6,8-11H,2-3,7H2,1H3. The van der Waals surface area contributed by atoms with Gasteiger partial charge in [0.1, 0.15) is 11.2 Å². The predicted molar refractivity (Wildman–Crippen MR) is 71.4 cm³/mol. The number of furan rings is 2. The Morgan fingerprint density at radius 1 is 1.06 bits per heavy atom. The maximum Gasteiger partial charge on any atom is 0.138 e. The molecule has 0 N–H and O–H groups in total. The second kappa shape index (κ2) is 4.25. The van der Waals surface area contributed by atoms with Gasteiger partial charge in [-0.1, -0.05) is 43.7 Å². The molecule has 2 aromatic heterocycles. The van der Waals surface area contributed by atoms with Crippen molar-refractivity contribution in [1.82, 2.24) is 0 Å². The van der Waals surface area contributed by atoms with Crippen LogP contribution in [0.25, 0.3) is 22.3 Å². The second-order valence-corrected chi connectivity index (χ2v) is 4.53. The summed E-state index contributed by atoms with van der Waals surface area (Å²) in [6, 6.07) is 14.8. The van der Waals surface area contributed by atoms with E-state index in [9.17, 15) is 0 Å². The molecule has 1 nitrogen and oxygen atoms in total. The molecule has 0 amide bonds. The van der Waals surface area contributed by atoms with Gasteiger partial charge < -0.3 is 4.42 Å². The van der Waals surface area contributed by atoms with Crippen LogP contribution in [-0.4, -0.2) is 0 Å². The summed E-state index contributed by atoms with van der Waals surface area (Å²) in [5, 5.41) is 0. The van der Waals surface area contributed by atoms with Crippen molar-refractivity contribution in [3.63, 3.8) is 0 Å². The molecule has 0 aliphatic heterocycles. The van der Waals surface area contributed by atoms with Crippen molar-refractivity contribution in [1.29, 1.82) is 0 Å². The number of fused-ring (bicyclic) bond motifs is 2. The van der Waals surface area contributed by atoms with Crippen LogP contribution in [0, 0.1) is 0 Å². The Bertz CT molecular complexity index is 592. The minimum atomic E-state index is 1.00. The van der Waals surface area contributed by atoms with Gasteiger partial charge in [0.2, 0.25) is 0 Å². The van der Waals surface area contributed by atoms with Crippen LogP contribution in [0.5, 0.6) is 0 Å². The van der Waals surface area contributed by atoms with Crippen LogP contribution in [0.15, 0.2) is 46.9 Å². The first-order valence-corrected chi connectivity index (χ1v) is 6.28. The number of rotatable bonds is 4. The molecule has 2 heterocycles. The van der Waals surface area contributed by atoms with Gasteiger partial charge in [-0.15, -0.1) is 0 Å². The fourth-order valence-corrected chi connectivity index (χ4v) is 2.34. The molecule has 0 saturated carbocycles. The summed E-state index contributed by atoms with van der Waals surface area (Å²) in [6.45, 7) is 2.22. The fraction of sp³-hybridized carbons (Fsp3) is 0.250. The van der Waals surface area contributed by atoms with Gasteiger partial charge in [0.25, 0.3) is 0 Å². The third kappa shape index (κ3) is 1.82. The molecule has 17 heavy (non-hydrogen) atoms. The summed E-state index contributed by atoms with van der Waals surface area (Å²) in [6.07, 6.45) is 3.58. The number of unbranched alkanes of at least 4 members (excludes halogenated alkanes) is 1. The molecule has 2 bridgehead atoms. The first-order chi connectivity index (χ1) is 8.38. The van der Waals surface area contributed by atoms with Crippen LogP contribution in [0.1, 0.15) is 25.3 Å². The zero-order valence-electron chi connectivity index (χ0n) is 10.1. The highest BCUT2D eigenvalue weighted by atomic mass is 16.3. The lowest BCUT2D eigenvalue weighted by Gasteiger charge is -2.01. The lowest BCUT2D eigenvalue weighted by atomic mass is 10.0. The first kappa shape index (κ1) is 10.4. The number of aryl methyl sites for hydroxylation is 1. The van der Waals surface area contributed by atoms with Gasteiger partial charge in [-0.3, -0.25) is 0 Å². The van der Waals surface area contributed by atoms with Crippen molar-refractivity contribution in [3.8, 4) is 11.1 Å². The van der Waals surface area contributed by atoms with Gasteiger partial charge in [-0.25, -0.2) is 0 Å². The summed E-state index contributed by atoms with van der Waals surface area (Å²) in [7, 11) is 0. The maximum absolute atomic E-state index is 5.80. The highest BCUT2D eigenvalue weighted by Gasteiger charge is 2.14. The number of benzene rings is 2. The zero-order chi connectivity index (χ0) is 11.7. The van der Waals surface area contributed by atoms with Gasteiger partial charge >= 0.3 is 0 Å². The van der Waals surface area contributed by atoms with E-state index in [2.05, 4.69) is 43.3 Å². The predicted octanol–water partition coefficient (Wildman–Crippen LogP) is 4.88. The average Bonchev–Trinajstić information content (AvgIpc) is 2.97. The highest BCUT2D eigenvalue weighted by molar-refractivity contribution is 5.88. The van der Waals surface area contributed by atoms with Gasteiger partial charge in [-0.05, 0) is 36.1 Å². The van der Waals surface area contributed by atoms with E-state index in [0.29, 0.717) is 0 Å². The van der Waals surface area contributed by atoms with Crippen molar-refractivity contribution in [2.75, 3.05) is 0 Å². The quantitative estimate of drug-likeness (QED) is 0.615. The number of hydrogen-bond donors (Lipinski definition) is 0. The Kier molecular flexibility index (Phi) is 2.60. The molecule has 0 atom stereocenters. The molecule has 0 spiro atoms. The lowest BCUT2D eigenvalue weighted by Crippen LogP contribution is -1.84. The van der Waals surface area contributed by atoms with Gasteiger partial charge in [-0.2, -0.15) is 0 Å². The van der Waals surface area contributed by atoms with E-state index in [4.69, 9.17) is 4.42 Å². The molecule has 1 aromatic carbocycles. The van der Waals surface area contributed by atoms with Gasteiger partial charge in [0, 0.05) is 5.56 Å². The Morgan fingerprint density at radius 2 is 1.88 bits per heavy atom. The molecule has 3 aromatic rings. The van der Waals surface area contributed by atoms with E-state index >= 15 is 0 Å². The third-order valence-corrected chi connectivity index (χ3v) is 3.24. The van der Waals surface area contributed by atoms with Crippen LogP contribution in [0.4, 0.5) is 0 Å². The minimum absolute atomic E-state index is 1.00. The fourth-order valence-electron chi connectivity index (χ4n) is 2.34. The minimum Gasteiger partial charge on any atom is -0.456 e. The van der Waals surface area contributed by atoms with E-state index in [1.165, 1.54) is 29.5 Å². The molecule has 1 heteroatoms. The smallest absolute Gasteiger partial charge is 0.138 e. The maximum atomic E-state index is 5.80. The van der Waals surface area contributed by atoms with Crippen LogP contribution in [0.3, 0.4) is 0 Å². The first-order valence-electron chi connectivity index (χ1n) is 6.28. The Labute approximate surface area is 101 Å². The lowest BCUT2D eigenvalue weighted by molar-refractivity contribution is 0.670. The summed E-state index contributed by atoms with van der Waals surface area (Å²) < 4.78 is 5.80. The van der Waals surface area contributed by atoms with Crippen molar-refractivity contribution >= 4 is 11.2 Å². The summed E-state index contributed by atoms with van der Waals surface area (Å²) in [4.78, 5) is 0. The Hall–Kier alpha value is -1.76. The normalized spacial score (nSPS) is 11.4. The molecule has 0 fully saturated rings. The highest BCUT2D eigenvalue weighted by Crippen LogP contribution is 2.35. The molecule has 3 rings (SSSR count). The summed E-state index contributed by atoms with van der Waals surface area (Å²) >= 11 is 0. The third-order valence-electron chi connectivity index (χ3n) is 3.24. The van der Waals surface area contributed by atoms with E-state index in [1.54, 1.807) is 0 Å². The van der Waals surface area contributed by atoms with E-state index in [1.807, 2.05) is 6.07 Å². The molecule has 0 radical (unpaired) electrons. The van der Waals surface area contributed by atoms with Crippen LogP contribution >= 0.6 is 0 Å². The van der Waals surface area contributed by atoms with Crippen LogP contribution in [0.2, 0.25) is 0 Å². The van der Waals surface area contributed by atoms with E-state index in [-0.39, 0.29) is 0 Å². The molecule has 0 unspecified atom stereocenters. The monoisotopic (exact) mass is 224 g/mol. The van der Waals surface area contributed by atoms with Gasteiger partial charge in [0.05, 0.1) is 0 Å². The van der Waals surface area contributed by atoms with Gasteiger partial charge in [0.15, 0.2) is 0 Å². The average molecular weight is 224 g/mol. The topological polar surface area (TPSA) is 13.1 Å². The largest absolute Gasteiger partial charge is 0.456 e. The molecular formula is C16H16O. The molecular weight excluding hydrogens is 208 g/mol. The van der Waals surface area contributed by atoms with E-state index < -0.39 is 0 Å².